The van der Waals surface area contributed by atoms with Crippen molar-refractivity contribution in [3.63, 3.8) is 0 Å². The Balaban J connectivity index is 1.57. The van der Waals surface area contributed by atoms with Gasteiger partial charge in [-0.15, -0.1) is 0 Å². The van der Waals surface area contributed by atoms with Gasteiger partial charge in [0.1, 0.15) is 0 Å². The summed E-state index contributed by atoms with van der Waals surface area (Å²) in [6.07, 6.45) is 6.07. The van der Waals surface area contributed by atoms with E-state index >= 15 is 0 Å². The van der Waals surface area contributed by atoms with Crippen LogP contribution in [0.2, 0.25) is 0 Å². The minimum Gasteiger partial charge on any atom is -0.352 e. The zero-order valence-corrected chi connectivity index (χ0v) is 20.0. The van der Waals surface area contributed by atoms with Gasteiger partial charge in [0.05, 0.1) is 10.3 Å². The minimum atomic E-state index is -0.279. The second kappa shape index (κ2) is 9.15. The molecule has 4 rings (SSSR count). The monoisotopic (exact) mass is 461 g/mol. The summed E-state index contributed by atoms with van der Waals surface area (Å²) in [4.78, 5) is 34.5. The predicted octanol–water partition coefficient (Wildman–Crippen LogP) is 4.78. The molecule has 4 aromatic rings. The Morgan fingerprint density at radius 2 is 1.85 bits per heavy atom. The van der Waals surface area contributed by atoms with Crippen LogP contribution in [0.25, 0.3) is 10.3 Å². The van der Waals surface area contributed by atoms with E-state index in [4.69, 9.17) is 0 Å². The van der Waals surface area contributed by atoms with Crippen molar-refractivity contribution in [3.05, 3.63) is 77.2 Å². The highest BCUT2D eigenvalue weighted by molar-refractivity contribution is 7.22. The number of aromatic nitrogens is 3. The highest BCUT2D eigenvalue weighted by atomic mass is 32.1. The molecule has 0 unspecified atom stereocenters. The highest BCUT2D eigenvalue weighted by Crippen LogP contribution is 2.34. The lowest BCUT2D eigenvalue weighted by molar-refractivity contribution is 0.0954. The maximum Gasteiger partial charge on any atom is 0.257 e. The van der Waals surface area contributed by atoms with E-state index in [-0.39, 0.29) is 17.4 Å². The molecule has 0 aliphatic carbocycles. The first kappa shape index (κ1) is 22.7. The first-order chi connectivity index (χ1) is 15.7. The number of pyridine rings is 1. The largest absolute Gasteiger partial charge is 0.352 e. The highest BCUT2D eigenvalue weighted by Gasteiger charge is 2.25. The molecule has 3 heterocycles. The van der Waals surface area contributed by atoms with Crippen LogP contribution in [0.5, 0.6) is 0 Å². The van der Waals surface area contributed by atoms with Crippen molar-refractivity contribution in [2.24, 2.45) is 0 Å². The van der Waals surface area contributed by atoms with E-state index in [1.165, 1.54) is 11.3 Å². The van der Waals surface area contributed by atoms with Crippen LogP contribution in [0, 0.1) is 6.92 Å². The van der Waals surface area contributed by atoms with Gasteiger partial charge in [-0.3, -0.25) is 19.9 Å². The Kier molecular flexibility index (Phi) is 6.29. The molecule has 1 aromatic carbocycles. The SMILES string of the molecule is Cc1ccc(C(=O)Nc2nc3c(s2)c(C(=O)NCCc2cccnc2)cn3C(C)(C)C)cc1. The Morgan fingerprint density at radius 1 is 1.09 bits per heavy atom. The quantitative estimate of drug-likeness (QED) is 0.432. The van der Waals surface area contributed by atoms with Gasteiger partial charge >= 0.3 is 0 Å². The molecule has 0 spiro atoms. The third-order valence-electron chi connectivity index (χ3n) is 5.26. The minimum absolute atomic E-state index is 0.160. The van der Waals surface area contributed by atoms with Gasteiger partial charge in [-0.2, -0.15) is 0 Å². The van der Waals surface area contributed by atoms with Crippen LogP contribution in [-0.4, -0.2) is 32.9 Å². The molecule has 33 heavy (non-hydrogen) atoms. The van der Waals surface area contributed by atoms with Crippen molar-refractivity contribution < 1.29 is 9.59 Å². The van der Waals surface area contributed by atoms with Gasteiger partial charge in [0.15, 0.2) is 10.8 Å². The summed E-state index contributed by atoms with van der Waals surface area (Å²) in [5.74, 6) is -0.386. The number of hydrogen-bond donors (Lipinski definition) is 2. The van der Waals surface area contributed by atoms with Crippen LogP contribution < -0.4 is 10.6 Å². The predicted molar refractivity (Wildman–Crippen MR) is 132 cm³/mol. The number of hydrogen-bond acceptors (Lipinski definition) is 5. The van der Waals surface area contributed by atoms with Crippen molar-refractivity contribution in [1.82, 2.24) is 19.9 Å². The number of aryl methyl sites for hydroxylation is 1. The molecule has 0 saturated carbocycles. The summed E-state index contributed by atoms with van der Waals surface area (Å²) < 4.78 is 2.74. The first-order valence-electron chi connectivity index (χ1n) is 10.8. The maximum atomic E-state index is 13.0. The van der Waals surface area contributed by atoms with Gasteiger partial charge in [-0.1, -0.05) is 35.1 Å². The number of carbonyl (C=O) groups excluding carboxylic acids is 2. The Hall–Kier alpha value is -3.52. The van der Waals surface area contributed by atoms with Crippen molar-refractivity contribution in [2.45, 2.75) is 39.7 Å². The summed E-state index contributed by atoms with van der Waals surface area (Å²) in [6, 6.07) is 11.2. The number of nitrogens with one attached hydrogen (secondary N) is 2. The van der Waals surface area contributed by atoms with E-state index in [1.807, 2.05) is 42.0 Å². The van der Waals surface area contributed by atoms with Crippen molar-refractivity contribution in [3.8, 4) is 0 Å². The molecule has 0 saturated heterocycles. The molecular formula is C25H27N5O2S. The zero-order valence-electron chi connectivity index (χ0n) is 19.2. The first-order valence-corrected chi connectivity index (χ1v) is 11.6. The van der Waals surface area contributed by atoms with E-state index in [9.17, 15) is 9.59 Å². The van der Waals surface area contributed by atoms with E-state index < -0.39 is 0 Å². The summed E-state index contributed by atoms with van der Waals surface area (Å²) in [5.41, 5.74) is 3.67. The topological polar surface area (TPSA) is 88.9 Å². The van der Waals surface area contributed by atoms with Crippen molar-refractivity contribution in [1.29, 1.82) is 0 Å². The average molecular weight is 462 g/mol. The smallest absolute Gasteiger partial charge is 0.257 e. The summed E-state index contributed by atoms with van der Waals surface area (Å²) in [7, 11) is 0. The molecule has 0 radical (unpaired) electrons. The molecular weight excluding hydrogens is 434 g/mol. The number of nitrogens with zero attached hydrogens (tertiary/aromatic N) is 3. The van der Waals surface area contributed by atoms with Gasteiger partial charge in [0, 0.05) is 36.2 Å². The van der Waals surface area contributed by atoms with Gasteiger partial charge in [-0.25, -0.2) is 4.98 Å². The number of thiazole rings is 1. The summed E-state index contributed by atoms with van der Waals surface area (Å²) in [5, 5.41) is 6.34. The second-order valence-electron chi connectivity index (χ2n) is 8.94. The number of benzene rings is 1. The van der Waals surface area contributed by atoms with Crippen LogP contribution in [-0.2, 0) is 12.0 Å². The molecule has 0 aliphatic rings. The number of rotatable bonds is 6. The molecule has 3 aromatic heterocycles. The van der Waals surface area contributed by atoms with Crippen molar-refractivity contribution in [2.75, 3.05) is 11.9 Å². The van der Waals surface area contributed by atoms with E-state index in [1.54, 1.807) is 24.5 Å². The zero-order chi connectivity index (χ0) is 23.6. The maximum absolute atomic E-state index is 13.0. The summed E-state index contributed by atoms with van der Waals surface area (Å²) >= 11 is 1.31. The van der Waals surface area contributed by atoms with Crippen LogP contribution in [0.1, 0.15) is 52.6 Å². The summed E-state index contributed by atoms with van der Waals surface area (Å²) in [6.45, 7) is 8.65. The number of anilines is 1. The van der Waals surface area contributed by atoms with Gasteiger partial charge in [-0.05, 0) is 57.9 Å². The van der Waals surface area contributed by atoms with E-state index in [2.05, 4.69) is 41.4 Å². The van der Waals surface area contributed by atoms with E-state index in [0.29, 0.717) is 34.9 Å². The Labute approximate surface area is 196 Å². The van der Waals surface area contributed by atoms with Crippen molar-refractivity contribution >= 4 is 38.6 Å². The average Bonchev–Trinajstić information content (AvgIpc) is 3.33. The number of carbonyl (C=O) groups is 2. The second-order valence-corrected chi connectivity index (χ2v) is 9.94. The fourth-order valence-corrected chi connectivity index (χ4v) is 4.42. The normalized spacial score (nSPS) is 11.5. The fourth-order valence-electron chi connectivity index (χ4n) is 3.46. The number of amides is 2. The van der Waals surface area contributed by atoms with Crippen LogP contribution in [0.3, 0.4) is 0 Å². The molecule has 8 heteroatoms. The fraction of sp³-hybridized carbons (Fsp3) is 0.280. The van der Waals surface area contributed by atoms with Crippen LogP contribution in [0.15, 0.2) is 55.0 Å². The van der Waals surface area contributed by atoms with Crippen LogP contribution >= 0.6 is 11.3 Å². The molecule has 170 valence electrons. The van der Waals surface area contributed by atoms with Gasteiger partial charge < -0.3 is 9.88 Å². The molecule has 0 fully saturated rings. The molecule has 7 nitrogen and oxygen atoms in total. The molecule has 2 N–H and O–H groups in total. The lowest BCUT2D eigenvalue weighted by Gasteiger charge is -2.21. The van der Waals surface area contributed by atoms with E-state index in [0.717, 1.165) is 15.8 Å². The Morgan fingerprint density at radius 3 is 2.52 bits per heavy atom. The van der Waals surface area contributed by atoms with Gasteiger partial charge in [0.25, 0.3) is 11.8 Å². The number of fused-ring (bicyclic) bond motifs is 1. The third kappa shape index (κ3) is 5.12. The molecule has 0 atom stereocenters. The molecule has 2 amide bonds. The molecule has 0 bridgehead atoms. The Bertz CT molecular complexity index is 1280. The van der Waals surface area contributed by atoms with Gasteiger partial charge in [0.2, 0.25) is 0 Å². The third-order valence-corrected chi connectivity index (χ3v) is 6.26. The standard InChI is InChI=1S/C25H27N5O2S/c1-16-7-9-18(10-8-16)22(31)29-24-28-21-20(33-24)19(15-30(21)25(2,3)4)23(32)27-13-11-17-6-5-12-26-14-17/h5-10,12,14-15H,11,13H2,1-4H3,(H,27,32)(H,28,29,31). The lowest BCUT2D eigenvalue weighted by Crippen LogP contribution is -2.26. The molecule has 0 aliphatic heterocycles. The lowest BCUT2D eigenvalue weighted by atomic mass is 10.1. The van der Waals surface area contributed by atoms with Crippen LogP contribution in [0.4, 0.5) is 5.13 Å².